The Morgan fingerprint density at radius 2 is 1.92 bits per heavy atom. The van der Waals surface area contributed by atoms with E-state index in [9.17, 15) is 0 Å². The van der Waals surface area contributed by atoms with Gasteiger partial charge in [-0.25, -0.2) is 4.68 Å². The highest BCUT2D eigenvalue weighted by molar-refractivity contribution is 5.55. The van der Waals surface area contributed by atoms with Gasteiger partial charge in [-0.15, -0.1) is 10.2 Å². The van der Waals surface area contributed by atoms with E-state index in [1.165, 1.54) is 16.6 Å². The predicted molar refractivity (Wildman–Crippen MR) is 50.3 cm³/mol. The fraction of sp³-hybridized carbons (Fsp3) is 0.111. The van der Waals surface area contributed by atoms with Crippen LogP contribution in [0.5, 0.6) is 0 Å². The molecule has 0 unspecified atom stereocenters. The van der Waals surface area contributed by atoms with E-state index in [1.54, 1.807) is 0 Å². The predicted octanol–water partition coefficient (Wildman–Crippen LogP) is 0.967. The molecule has 0 saturated carbocycles. The summed E-state index contributed by atoms with van der Waals surface area (Å²) in [6, 6.07) is 7.99. The fourth-order valence-electron chi connectivity index (χ4n) is 1.15. The lowest BCUT2D eigenvalue weighted by atomic mass is 10.1. The highest BCUT2D eigenvalue weighted by Gasteiger charge is 2.03. The topological polar surface area (TPSA) is 56.7 Å². The van der Waals surface area contributed by atoms with Crippen molar-refractivity contribution >= 4 is 0 Å². The molecule has 0 fully saturated rings. The van der Waals surface area contributed by atoms with Crippen LogP contribution in [-0.2, 0) is 0 Å². The second-order valence-electron chi connectivity index (χ2n) is 2.93. The van der Waals surface area contributed by atoms with Gasteiger partial charge in [0.05, 0.1) is 0 Å². The molecular weight excluding hydrogens is 164 g/mol. The van der Waals surface area contributed by atoms with E-state index in [0.29, 0.717) is 5.82 Å². The zero-order valence-electron chi connectivity index (χ0n) is 7.31. The Kier molecular flexibility index (Phi) is 1.73. The molecule has 2 aromatic rings. The van der Waals surface area contributed by atoms with Crippen LogP contribution in [0, 0.1) is 6.92 Å². The second-order valence-corrected chi connectivity index (χ2v) is 2.93. The van der Waals surface area contributed by atoms with Gasteiger partial charge in [-0.05, 0) is 6.92 Å². The zero-order valence-corrected chi connectivity index (χ0v) is 7.31. The Balaban J connectivity index is 2.47. The molecule has 2 N–H and O–H groups in total. The van der Waals surface area contributed by atoms with Gasteiger partial charge in [-0.2, -0.15) is 0 Å². The average molecular weight is 174 g/mol. The van der Waals surface area contributed by atoms with E-state index in [0.717, 1.165) is 5.56 Å². The van der Waals surface area contributed by atoms with Crippen molar-refractivity contribution in [1.29, 1.82) is 0 Å². The maximum absolute atomic E-state index is 5.60. The first-order valence-electron chi connectivity index (χ1n) is 3.99. The van der Waals surface area contributed by atoms with Crippen molar-refractivity contribution in [2.24, 2.45) is 0 Å². The van der Waals surface area contributed by atoms with Gasteiger partial charge < -0.3 is 5.84 Å². The van der Waals surface area contributed by atoms with Crippen LogP contribution in [0.15, 0.2) is 30.6 Å². The van der Waals surface area contributed by atoms with Crippen molar-refractivity contribution in [2.45, 2.75) is 6.92 Å². The van der Waals surface area contributed by atoms with Gasteiger partial charge in [0.15, 0.2) is 5.82 Å². The second kappa shape index (κ2) is 2.90. The summed E-state index contributed by atoms with van der Waals surface area (Å²) in [7, 11) is 0. The van der Waals surface area contributed by atoms with Gasteiger partial charge in [0, 0.05) is 5.56 Å². The van der Waals surface area contributed by atoms with Crippen molar-refractivity contribution < 1.29 is 0 Å². The van der Waals surface area contributed by atoms with Crippen LogP contribution in [-0.4, -0.2) is 14.9 Å². The minimum absolute atomic E-state index is 0.681. The fourth-order valence-corrected chi connectivity index (χ4v) is 1.15. The van der Waals surface area contributed by atoms with Crippen molar-refractivity contribution in [3.63, 3.8) is 0 Å². The first-order valence-corrected chi connectivity index (χ1v) is 3.99. The Morgan fingerprint density at radius 3 is 2.46 bits per heavy atom. The number of benzene rings is 1. The standard InChI is InChI=1S/C9H10N4/c1-7-2-4-8(5-3-7)9-12-11-6-13(9)10/h2-6H,10H2,1H3. The minimum Gasteiger partial charge on any atom is -0.336 e. The summed E-state index contributed by atoms with van der Waals surface area (Å²) in [5, 5.41) is 7.61. The molecule has 0 aliphatic heterocycles. The molecule has 1 aromatic heterocycles. The van der Waals surface area contributed by atoms with Crippen molar-refractivity contribution in [1.82, 2.24) is 14.9 Å². The van der Waals surface area contributed by atoms with E-state index >= 15 is 0 Å². The summed E-state index contributed by atoms with van der Waals surface area (Å²) in [6.07, 6.45) is 1.48. The maximum atomic E-state index is 5.60. The number of nitrogens with two attached hydrogens (primary N) is 1. The minimum atomic E-state index is 0.681. The van der Waals surface area contributed by atoms with E-state index in [1.807, 2.05) is 31.2 Å². The Hall–Kier alpha value is -1.84. The van der Waals surface area contributed by atoms with E-state index in [-0.39, 0.29) is 0 Å². The number of nitrogens with zero attached hydrogens (tertiary/aromatic N) is 3. The third-order valence-corrected chi connectivity index (χ3v) is 1.88. The van der Waals surface area contributed by atoms with Gasteiger partial charge in [-0.3, -0.25) is 0 Å². The molecule has 0 saturated heterocycles. The SMILES string of the molecule is Cc1ccc(-c2nncn2N)cc1. The summed E-state index contributed by atoms with van der Waals surface area (Å²) in [6.45, 7) is 2.04. The molecule has 1 aromatic carbocycles. The van der Waals surface area contributed by atoms with E-state index < -0.39 is 0 Å². The van der Waals surface area contributed by atoms with Gasteiger partial charge in [-0.1, -0.05) is 29.8 Å². The monoisotopic (exact) mass is 174 g/mol. The van der Waals surface area contributed by atoms with E-state index in [4.69, 9.17) is 5.84 Å². The molecule has 66 valence electrons. The molecule has 0 spiro atoms. The number of hydrogen-bond donors (Lipinski definition) is 1. The summed E-state index contributed by atoms with van der Waals surface area (Å²) in [5.41, 5.74) is 2.19. The normalized spacial score (nSPS) is 10.2. The molecule has 0 amide bonds. The lowest BCUT2D eigenvalue weighted by Gasteiger charge is -1.99. The highest BCUT2D eigenvalue weighted by atomic mass is 15.4. The van der Waals surface area contributed by atoms with Crippen LogP contribution in [0.2, 0.25) is 0 Å². The Labute approximate surface area is 76.0 Å². The van der Waals surface area contributed by atoms with E-state index in [2.05, 4.69) is 10.2 Å². The molecule has 1 heterocycles. The molecule has 0 bridgehead atoms. The molecule has 4 heteroatoms. The summed E-state index contributed by atoms with van der Waals surface area (Å²) >= 11 is 0. The largest absolute Gasteiger partial charge is 0.336 e. The molecule has 0 radical (unpaired) electrons. The van der Waals surface area contributed by atoms with Crippen LogP contribution in [0.3, 0.4) is 0 Å². The highest BCUT2D eigenvalue weighted by Crippen LogP contribution is 2.14. The van der Waals surface area contributed by atoms with Crippen LogP contribution < -0.4 is 5.84 Å². The molecule has 13 heavy (non-hydrogen) atoms. The number of aromatic nitrogens is 3. The van der Waals surface area contributed by atoms with Crippen molar-refractivity contribution in [3.8, 4) is 11.4 Å². The maximum Gasteiger partial charge on any atom is 0.182 e. The summed E-state index contributed by atoms with van der Waals surface area (Å²) < 4.78 is 1.41. The first-order chi connectivity index (χ1) is 6.27. The Morgan fingerprint density at radius 1 is 1.23 bits per heavy atom. The zero-order chi connectivity index (χ0) is 9.26. The molecular formula is C9H10N4. The van der Waals surface area contributed by atoms with Gasteiger partial charge in [0.25, 0.3) is 0 Å². The summed E-state index contributed by atoms with van der Waals surface area (Å²) in [4.78, 5) is 0. The third-order valence-electron chi connectivity index (χ3n) is 1.88. The Bertz CT molecular complexity index is 402. The lowest BCUT2D eigenvalue weighted by molar-refractivity contribution is 1.01. The van der Waals surface area contributed by atoms with Gasteiger partial charge in [0.1, 0.15) is 6.33 Å². The molecule has 4 nitrogen and oxygen atoms in total. The first kappa shape index (κ1) is 7.79. The van der Waals surface area contributed by atoms with Gasteiger partial charge in [0.2, 0.25) is 0 Å². The van der Waals surface area contributed by atoms with Crippen LogP contribution >= 0.6 is 0 Å². The van der Waals surface area contributed by atoms with Crippen LogP contribution in [0.4, 0.5) is 0 Å². The average Bonchev–Trinajstić information content (AvgIpc) is 2.53. The quantitative estimate of drug-likeness (QED) is 0.655. The summed E-state index contributed by atoms with van der Waals surface area (Å²) in [5.74, 6) is 6.28. The number of nitrogen functional groups attached to an aromatic ring is 1. The smallest absolute Gasteiger partial charge is 0.182 e. The van der Waals surface area contributed by atoms with Crippen molar-refractivity contribution in [2.75, 3.05) is 5.84 Å². The molecule has 0 atom stereocenters. The lowest BCUT2D eigenvalue weighted by Crippen LogP contribution is -2.08. The molecule has 0 aliphatic carbocycles. The van der Waals surface area contributed by atoms with Crippen molar-refractivity contribution in [3.05, 3.63) is 36.2 Å². The number of aryl methyl sites for hydroxylation is 1. The molecule has 2 rings (SSSR count). The van der Waals surface area contributed by atoms with Crippen LogP contribution in [0.1, 0.15) is 5.56 Å². The van der Waals surface area contributed by atoms with Crippen LogP contribution in [0.25, 0.3) is 11.4 Å². The third kappa shape index (κ3) is 1.38. The number of rotatable bonds is 1. The number of hydrogen-bond acceptors (Lipinski definition) is 3. The molecule has 0 aliphatic rings. The van der Waals surface area contributed by atoms with Gasteiger partial charge >= 0.3 is 0 Å².